The minimum atomic E-state index is -0.686. The van der Waals surface area contributed by atoms with Gasteiger partial charge >= 0.3 is 5.97 Å². The first-order chi connectivity index (χ1) is 11.6. The lowest BCUT2D eigenvalue weighted by molar-refractivity contribution is -0.142. The molecule has 0 aliphatic rings. The predicted octanol–water partition coefficient (Wildman–Crippen LogP) is 2.89. The van der Waals surface area contributed by atoms with Crippen molar-refractivity contribution in [3.63, 3.8) is 0 Å². The van der Waals surface area contributed by atoms with Crippen molar-refractivity contribution >= 4 is 23.6 Å². The normalized spacial score (nSPS) is 10.2. The summed E-state index contributed by atoms with van der Waals surface area (Å²) in [6.45, 7) is -0.438. The van der Waals surface area contributed by atoms with E-state index in [-0.39, 0.29) is 5.82 Å². The second-order valence-corrected chi connectivity index (χ2v) is 4.73. The Morgan fingerprint density at radius 1 is 1.12 bits per heavy atom. The second kappa shape index (κ2) is 8.25. The highest BCUT2D eigenvalue weighted by Crippen LogP contribution is 2.08. The Morgan fingerprint density at radius 3 is 2.42 bits per heavy atom. The molecule has 6 heteroatoms. The van der Waals surface area contributed by atoms with Crippen LogP contribution in [0, 0.1) is 17.1 Å². The number of rotatable bonds is 5. The molecule has 0 saturated heterocycles. The lowest BCUT2D eigenvalue weighted by Crippen LogP contribution is -2.20. The summed E-state index contributed by atoms with van der Waals surface area (Å²) >= 11 is 0. The minimum absolute atomic E-state index is 0.366. The molecule has 24 heavy (non-hydrogen) atoms. The third kappa shape index (κ3) is 5.39. The van der Waals surface area contributed by atoms with Crippen LogP contribution in [-0.4, -0.2) is 18.5 Å². The molecule has 1 amide bonds. The summed E-state index contributed by atoms with van der Waals surface area (Å²) in [6.07, 6.45) is 2.61. The number of benzene rings is 2. The number of nitrogens with zero attached hydrogens (tertiary/aromatic N) is 1. The molecule has 0 aromatic heterocycles. The quantitative estimate of drug-likeness (QED) is 0.677. The Bertz CT molecular complexity index is 791. The summed E-state index contributed by atoms with van der Waals surface area (Å²) in [5.41, 5.74) is 1.61. The summed E-state index contributed by atoms with van der Waals surface area (Å²) in [4.78, 5) is 23.2. The smallest absolute Gasteiger partial charge is 0.331 e. The monoisotopic (exact) mass is 324 g/mol. The molecule has 2 aromatic rings. The summed E-state index contributed by atoms with van der Waals surface area (Å²) in [6, 6.07) is 13.8. The van der Waals surface area contributed by atoms with E-state index in [9.17, 15) is 14.0 Å². The van der Waals surface area contributed by atoms with Gasteiger partial charge < -0.3 is 10.1 Å². The highest BCUT2D eigenvalue weighted by molar-refractivity contribution is 5.94. The molecule has 2 aromatic carbocycles. The number of carbonyl (C=O) groups excluding carboxylic acids is 2. The summed E-state index contributed by atoms with van der Waals surface area (Å²) in [5, 5.41) is 11.2. The van der Waals surface area contributed by atoms with Crippen molar-refractivity contribution in [2.45, 2.75) is 0 Å². The maximum atomic E-state index is 12.7. The number of halogens is 1. The number of ether oxygens (including phenoxy) is 1. The van der Waals surface area contributed by atoms with Gasteiger partial charge in [0.25, 0.3) is 5.91 Å². The topological polar surface area (TPSA) is 79.2 Å². The van der Waals surface area contributed by atoms with Crippen LogP contribution in [0.4, 0.5) is 10.1 Å². The zero-order valence-electron chi connectivity index (χ0n) is 12.5. The van der Waals surface area contributed by atoms with Gasteiger partial charge in [-0.15, -0.1) is 0 Å². The van der Waals surface area contributed by atoms with Crippen LogP contribution >= 0.6 is 0 Å². The Labute approximate surface area is 138 Å². The molecule has 0 bridgehead atoms. The van der Waals surface area contributed by atoms with Crippen molar-refractivity contribution in [3.8, 4) is 6.07 Å². The van der Waals surface area contributed by atoms with E-state index in [4.69, 9.17) is 10.00 Å². The molecule has 0 aliphatic heterocycles. The molecule has 0 fully saturated rings. The van der Waals surface area contributed by atoms with E-state index < -0.39 is 18.5 Å². The van der Waals surface area contributed by atoms with Gasteiger partial charge in [0.1, 0.15) is 5.82 Å². The van der Waals surface area contributed by atoms with Gasteiger partial charge in [0.15, 0.2) is 6.61 Å². The molecule has 0 aliphatic carbocycles. The Hall–Kier alpha value is -3.46. The molecule has 0 atom stereocenters. The fourth-order valence-electron chi connectivity index (χ4n) is 1.75. The van der Waals surface area contributed by atoms with Crippen molar-refractivity contribution in [1.29, 1.82) is 5.26 Å². The SMILES string of the molecule is N#Cc1ccc(NC(=O)COC(=O)/C=C/c2ccc(F)cc2)cc1. The van der Waals surface area contributed by atoms with E-state index in [1.807, 2.05) is 6.07 Å². The summed E-state index contributed by atoms with van der Waals surface area (Å²) in [5.74, 6) is -1.55. The van der Waals surface area contributed by atoms with Crippen molar-refractivity contribution in [2.24, 2.45) is 0 Å². The lowest BCUT2D eigenvalue weighted by Gasteiger charge is -2.05. The molecule has 0 spiro atoms. The number of esters is 1. The van der Waals surface area contributed by atoms with Crippen molar-refractivity contribution in [3.05, 3.63) is 71.6 Å². The number of hydrogen-bond acceptors (Lipinski definition) is 4. The third-order valence-corrected chi connectivity index (χ3v) is 2.93. The number of nitriles is 1. The minimum Gasteiger partial charge on any atom is -0.452 e. The number of carbonyl (C=O) groups is 2. The van der Waals surface area contributed by atoms with E-state index in [0.717, 1.165) is 6.08 Å². The van der Waals surface area contributed by atoms with Crippen LogP contribution < -0.4 is 5.32 Å². The second-order valence-electron chi connectivity index (χ2n) is 4.73. The molecular formula is C18H13FN2O3. The highest BCUT2D eigenvalue weighted by atomic mass is 19.1. The number of anilines is 1. The fraction of sp³-hybridized carbons (Fsp3) is 0.0556. The van der Waals surface area contributed by atoms with Crippen LogP contribution in [0.5, 0.6) is 0 Å². The first-order valence-corrected chi connectivity index (χ1v) is 6.97. The van der Waals surface area contributed by atoms with Crippen LogP contribution in [0.2, 0.25) is 0 Å². The zero-order chi connectivity index (χ0) is 17.4. The van der Waals surface area contributed by atoms with E-state index >= 15 is 0 Å². The van der Waals surface area contributed by atoms with E-state index in [1.165, 1.54) is 30.3 Å². The third-order valence-electron chi connectivity index (χ3n) is 2.93. The first kappa shape index (κ1) is 16.9. The molecule has 120 valence electrons. The number of hydrogen-bond donors (Lipinski definition) is 1. The van der Waals surface area contributed by atoms with Crippen LogP contribution in [-0.2, 0) is 14.3 Å². The molecule has 2 rings (SSSR count). The molecular weight excluding hydrogens is 311 g/mol. The van der Waals surface area contributed by atoms with Crippen LogP contribution in [0.25, 0.3) is 6.08 Å². The van der Waals surface area contributed by atoms with Gasteiger partial charge in [-0.25, -0.2) is 9.18 Å². The van der Waals surface area contributed by atoms with E-state index in [0.29, 0.717) is 16.8 Å². The van der Waals surface area contributed by atoms with Crippen LogP contribution in [0.15, 0.2) is 54.6 Å². The largest absolute Gasteiger partial charge is 0.452 e. The molecule has 0 radical (unpaired) electrons. The highest BCUT2D eigenvalue weighted by Gasteiger charge is 2.05. The predicted molar refractivity (Wildman–Crippen MR) is 86.2 cm³/mol. The van der Waals surface area contributed by atoms with Gasteiger partial charge in [-0.3, -0.25) is 4.79 Å². The average Bonchev–Trinajstić information content (AvgIpc) is 2.60. The fourth-order valence-corrected chi connectivity index (χ4v) is 1.75. The summed E-state index contributed by atoms with van der Waals surface area (Å²) < 4.78 is 17.5. The van der Waals surface area contributed by atoms with Crippen molar-refractivity contribution in [1.82, 2.24) is 0 Å². The van der Waals surface area contributed by atoms with Gasteiger partial charge in [-0.2, -0.15) is 5.26 Å². The maximum Gasteiger partial charge on any atom is 0.331 e. The van der Waals surface area contributed by atoms with Gasteiger partial charge in [-0.05, 0) is 48.0 Å². The van der Waals surface area contributed by atoms with Crippen LogP contribution in [0.1, 0.15) is 11.1 Å². The maximum absolute atomic E-state index is 12.7. The average molecular weight is 324 g/mol. The number of nitrogens with one attached hydrogen (secondary N) is 1. The Balaban J connectivity index is 1.79. The molecule has 0 saturated carbocycles. The summed E-state index contributed by atoms with van der Waals surface area (Å²) in [7, 11) is 0. The standard InChI is InChI=1S/C18H13FN2O3/c19-15-6-1-13(2-7-15)5-10-18(23)24-12-17(22)21-16-8-3-14(11-20)4-9-16/h1-10H,12H2,(H,21,22)/b10-5+. The van der Waals surface area contributed by atoms with Crippen molar-refractivity contribution < 1.29 is 18.7 Å². The Kier molecular flexibility index (Phi) is 5.81. The Morgan fingerprint density at radius 2 is 1.79 bits per heavy atom. The van der Waals surface area contributed by atoms with E-state index in [2.05, 4.69) is 5.32 Å². The zero-order valence-corrected chi connectivity index (χ0v) is 12.5. The van der Waals surface area contributed by atoms with Crippen LogP contribution in [0.3, 0.4) is 0 Å². The van der Waals surface area contributed by atoms with Gasteiger partial charge in [-0.1, -0.05) is 12.1 Å². The van der Waals surface area contributed by atoms with Gasteiger partial charge in [0.05, 0.1) is 11.6 Å². The first-order valence-electron chi connectivity index (χ1n) is 6.97. The molecule has 5 nitrogen and oxygen atoms in total. The molecule has 1 N–H and O–H groups in total. The van der Waals surface area contributed by atoms with Gasteiger partial charge in [0, 0.05) is 11.8 Å². The van der Waals surface area contributed by atoms with Crippen molar-refractivity contribution in [2.75, 3.05) is 11.9 Å². The van der Waals surface area contributed by atoms with Gasteiger partial charge in [0.2, 0.25) is 0 Å². The lowest BCUT2D eigenvalue weighted by atomic mass is 10.2. The molecule has 0 heterocycles. The number of amides is 1. The molecule has 0 unspecified atom stereocenters. The van der Waals surface area contributed by atoms with E-state index in [1.54, 1.807) is 24.3 Å².